The van der Waals surface area contributed by atoms with Crippen LogP contribution in [0.25, 0.3) is 0 Å². The van der Waals surface area contributed by atoms with Crippen molar-refractivity contribution in [3.8, 4) is 11.5 Å². The SMILES string of the molecule is CO.O=CC1OC(OC(CNCC(O)C2CCc3cc(P)ccc3O2)C2CCc3cc(F)ccc3O2)C(O)C(O)C1O. The summed E-state index contributed by atoms with van der Waals surface area (Å²) >= 11 is 0. The van der Waals surface area contributed by atoms with E-state index in [-0.39, 0.29) is 18.9 Å². The summed E-state index contributed by atoms with van der Waals surface area (Å²) in [6.45, 7) is 0.317. The molecule has 0 aromatic heterocycles. The Kier molecular flexibility index (Phi) is 11.6. The van der Waals surface area contributed by atoms with E-state index in [1.165, 1.54) is 18.2 Å². The van der Waals surface area contributed by atoms with Gasteiger partial charge in [-0.3, -0.25) is 0 Å². The predicted octanol–water partition coefficient (Wildman–Crippen LogP) is -0.636. The van der Waals surface area contributed by atoms with Crippen LogP contribution in [0.1, 0.15) is 24.0 Å². The second-order valence-corrected chi connectivity index (χ2v) is 11.2. The van der Waals surface area contributed by atoms with Gasteiger partial charge < -0.3 is 54.6 Å². The van der Waals surface area contributed by atoms with Crippen molar-refractivity contribution in [2.24, 2.45) is 0 Å². The number of rotatable bonds is 9. The Labute approximate surface area is 245 Å². The van der Waals surface area contributed by atoms with Gasteiger partial charge in [-0.1, -0.05) is 6.07 Å². The number of nitrogens with one attached hydrogen (secondary N) is 1. The van der Waals surface area contributed by atoms with Gasteiger partial charge in [0.2, 0.25) is 0 Å². The van der Waals surface area contributed by atoms with Crippen LogP contribution in [0.15, 0.2) is 36.4 Å². The molecule has 0 saturated carbocycles. The standard InChI is InChI=1S/C28H35FNO9P.CH4O/c29-16-3-7-19-14(9-16)2-6-22(37-19)23(38-28-27(35)26(34)25(33)24(13-31)39-28)12-30-11-18(32)21-5-1-15-10-17(40)4-8-20(15)36-21;1-2/h3-4,7-10,13,18,21-28,30,32-35H,1-2,5-6,11-12,40H2;2H,1H3. The average Bonchev–Trinajstić information content (AvgIpc) is 3.01. The zero-order valence-electron chi connectivity index (χ0n) is 23.2. The lowest BCUT2D eigenvalue weighted by Gasteiger charge is -2.41. The molecule has 0 bridgehead atoms. The normalized spacial score (nSPS) is 29.9. The summed E-state index contributed by atoms with van der Waals surface area (Å²) in [5.41, 5.74) is 1.81. The van der Waals surface area contributed by atoms with Crippen molar-refractivity contribution in [3.05, 3.63) is 53.3 Å². The van der Waals surface area contributed by atoms with Crippen molar-refractivity contribution in [2.45, 2.75) is 80.8 Å². The Balaban J connectivity index is 0.00000198. The molecule has 3 aliphatic rings. The Bertz CT molecular complexity index is 1190. The lowest BCUT2D eigenvalue weighted by molar-refractivity contribution is -0.304. The first-order valence-electron chi connectivity index (χ1n) is 13.9. The highest BCUT2D eigenvalue weighted by molar-refractivity contribution is 7.27. The molecule has 6 N–H and O–H groups in total. The van der Waals surface area contributed by atoms with Gasteiger partial charge >= 0.3 is 0 Å². The summed E-state index contributed by atoms with van der Waals surface area (Å²) in [6.07, 6.45) is -7.52. The molecule has 5 rings (SSSR count). The van der Waals surface area contributed by atoms with E-state index in [4.69, 9.17) is 24.1 Å². The zero-order valence-corrected chi connectivity index (χ0v) is 24.4. The van der Waals surface area contributed by atoms with Crippen molar-refractivity contribution in [1.82, 2.24) is 5.32 Å². The molecule has 13 heteroatoms. The summed E-state index contributed by atoms with van der Waals surface area (Å²) in [5, 5.41) is 52.9. The third-order valence-electron chi connectivity index (χ3n) is 7.65. The van der Waals surface area contributed by atoms with Gasteiger partial charge in [0.25, 0.3) is 0 Å². The van der Waals surface area contributed by atoms with Gasteiger partial charge in [-0.25, -0.2) is 4.39 Å². The number of aliphatic hydroxyl groups is 5. The van der Waals surface area contributed by atoms with Crippen LogP contribution < -0.4 is 20.1 Å². The fraction of sp³-hybridized carbons (Fsp3) is 0.552. The highest BCUT2D eigenvalue weighted by Gasteiger charge is 2.46. The maximum Gasteiger partial charge on any atom is 0.187 e. The number of hydrogen-bond acceptors (Lipinski definition) is 11. The summed E-state index contributed by atoms with van der Waals surface area (Å²) in [5.74, 6) is 0.889. The van der Waals surface area contributed by atoms with E-state index in [0.717, 1.165) is 35.7 Å². The van der Waals surface area contributed by atoms with Crippen molar-refractivity contribution < 1.29 is 53.7 Å². The van der Waals surface area contributed by atoms with Crippen molar-refractivity contribution in [1.29, 1.82) is 0 Å². The fourth-order valence-corrected chi connectivity index (χ4v) is 5.68. The van der Waals surface area contributed by atoms with Crippen LogP contribution in [-0.2, 0) is 27.1 Å². The van der Waals surface area contributed by atoms with E-state index in [1.54, 1.807) is 0 Å². The molecule has 2 aromatic rings. The summed E-state index contributed by atoms with van der Waals surface area (Å²) in [7, 11) is 3.66. The molecular formula is C29H39FNO10P. The minimum atomic E-state index is -1.66. The molecule has 0 radical (unpaired) electrons. The molecule has 3 aliphatic heterocycles. The Hall–Kier alpha value is -2.25. The monoisotopic (exact) mass is 611 g/mol. The highest BCUT2D eigenvalue weighted by atomic mass is 31.0. The van der Waals surface area contributed by atoms with Crippen molar-refractivity contribution in [3.63, 3.8) is 0 Å². The smallest absolute Gasteiger partial charge is 0.187 e. The van der Waals surface area contributed by atoms with Gasteiger partial charge in [0.05, 0.1) is 0 Å². The second-order valence-electron chi connectivity index (χ2n) is 10.5. The number of carbonyl (C=O) groups excluding carboxylic acids is 1. The number of benzene rings is 2. The molecule has 10 atom stereocenters. The van der Waals surface area contributed by atoms with Crippen LogP contribution in [0.4, 0.5) is 4.39 Å². The van der Waals surface area contributed by atoms with Crippen molar-refractivity contribution in [2.75, 3.05) is 20.2 Å². The van der Waals surface area contributed by atoms with Crippen LogP contribution in [0.2, 0.25) is 0 Å². The largest absolute Gasteiger partial charge is 0.487 e. The molecule has 1 fully saturated rings. The van der Waals surface area contributed by atoms with Gasteiger partial charge in [-0.05, 0) is 72.4 Å². The molecule has 0 spiro atoms. The van der Waals surface area contributed by atoms with Gasteiger partial charge in [-0.2, -0.15) is 0 Å². The van der Waals surface area contributed by atoms with E-state index in [1.807, 2.05) is 18.2 Å². The van der Waals surface area contributed by atoms with Gasteiger partial charge in [0, 0.05) is 20.2 Å². The van der Waals surface area contributed by atoms with Crippen LogP contribution in [0.3, 0.4) is 0 Å². The zero-order chi connectivity index (χ0) is 30.4. The first-order chi connectivity index (χ1) is 20.2. The number of aliphatic hydroxyl groups excluding tert-OH is 5. The molecular weight excluding hydrogens is 572 g/mol. The molecule has 2 aromatic carbocycles. The minimum Gasteiger partial charge on any atom is -0.487 e. The summed E-state index contributed by atoms with van der Waals surface area (Å²) < 4.78 is 37.3. The van der Waals surface area contributed by atoms with Gasteiger partial charge in [0.15, 0.2) is 12.6 Å². The lowest BCUT2D eigenvalue weighted by atomic mass is 9.97. The van der Waals surface area contributed by atoms with E-state index >= 15 is 0 Å². The lowest BCUT2D eigenvalue weighted by Crippen LogP contribution is -2.60. The van der Waals surface area contributed by atoms with Gasteiger partial charge in [-0.15, -0.1) is 9.24 Å². The number of aldehydes is 1. The predicted molar refractivity (Wildman–Crippen MR) is 152 cm³/mol. The molecule has 10 unspecified atom stereocenters. The molecule has 11 nitrogen and oxygen atoms in total. The Morgan fingerprint density at radius 1 is 0.976 bits per heavy atom. The second kappa shape index (κ2) is 15.0. The summed E-state index contributed by atoms with van der Waals surface area (Å²) in [6, 6.07) is 10.1. The number of carbonyl (C=O) groups is 1. The molecule has 3 heterocycles. The highest BCUT2D eigenvalue weighted by Crippen LogP contribution is 2.32. The van der Waals surface area contributed by atoms with Crippen molar-refractivity contribution >= 4 is 20.8 Å². The maximum absolute atomic E-state index is 13.7. The number of fused-ring (bicyclic) bond motifs is 2. The first kappa shape index (κ1) is 32.7. The molecule has 232 valence electrons. The molecule has 0 aliphatic carbocycles. The number of halogens is 1. The maximum atomic E-state index is 13.7. The minimum absolute atomic E-state index is 0.148. The van der Waals surface area contributed by atoms with Crippen LogP contribution in [-0.4, -0.2) is 107 Å². The quantitative estimate of drug-likeness (QED) is 0.158. The van der Waals surface area contributed by atoms with E-state index in [0.29, 0.717) is 31.3 Å². The first-order valence-corrected chi connectivity index (χ1v) is 14.4. The van der Waals surface area contributed by atoms with Crippen LogP contribution >= 0.6 is 9.24 Å². The Morgan fingerprint density at radius 3 is 2.33 bits per heavy atom. The van der Waals surface area contributed by atoms with E-state index in [9.17, 15) is 29.6 Å². The molecule has 1 saturated heterocycles. The van der Waals surface area contributed by atoms with Crippen LogP contribution in [0.5, 0.6) is 11.5 Å². The fourth-order valence-electron chi connectivity index (χ4n) is 5.38. The average molecular weight is 612 g/mol. The van der Waals surface area contributed by atoms with Crippen LogP contribution in [0, 0.1) is 5.82 Å². The number of ether oxygens (including phenoxy) is 4. The van der Waals surface area contributed by atoms with E-state index < -0.39 is 55.1 Å². The third kappa shape index (κ3) is 7.63. The third-order valence-corrected chi connectivity index (χ3v) is 8.01. The molecule has 0 amide bonds. The number of aryl methyl sites for hydroxylation is 2. The topological polar surface area (TPSA) is 167 Å². The Morgan fingerprint density at radius 2 is 1.62 bits per heavy atom. The van der Waals surface area contributed by atoms with E-state index in [2.05, 4.69) is 14.6 Å². The molecule has 42 heavy (non-hydrogen) atoms. The number of hydrogen-bond donors (Lipinski definition) is 6. The van der Waals surface area contributed by atoms with Gasteiger partial charge in [0.1, 0.15) is 66.1 Å². The summed E-state index contributed by atoms with van der Waals surface area (Å²) in [4.78, 5) is 11.4.